The summed E-state index contributed by atoms with van der Waals surface area (Å²) in [5, 5.41) is 25.8. The van der Waals surface area contributed by atoms with Crippen LogP contribution < -0.4 is 10.2 Å². The molecule has 0 aliphatic rings. The molecule has 27 heavy (non-hydrogen) atoms. The van der Waals surface area contributed by atoms with Crippen LogP contribution in [0.25, 0.3) is 0 Å². The number of hydrogen-bond donors (Lipinski definition) is 1. The average molecular weight is 372 g/mol. The van der Waals surface area contributed by atoms with Crippen LogP contribution in [-0.2, 0) is 11.2 Å². The quantitative estimate of drug-likeness (QED) is 0.450. The number of nitrogens with zero attached hydrogens (tertiary/aromatic N) is 3. The number of nitrogens with one attached hydrogen (secondary N) is 1. The first-order valence-electron chi connectivity index (χ1n) is 7.71. The van der Waals surface area contributed by atoms with E-state index in [1.165, 1.54) is 6.07 Å². The Morgan fingerprint density at radius 3 is 2.33 bits per heavy atom. The van der Waals surface area contributed by atoms with Gasteiger partial charge >= 0.3 is 0 Å². The maximum Gasteiger partial charge on any atom is 0.279 e. The average Bonchev–Trinajstić information content (AvgIpc) is 2.66. The van der Waals surface area contributed by atoms with Crippen LogP contribution in [0.2, 0.25) is 0 Å². The summed E-state index contributed by atoms with van der Waals surface area (Å²) in [5.41, 5.74) is 2.76. The van der Waals surface area contributed by atoms with Crippen LogP contribution in [0.5, 0.6) is 5.75 Å². The number of benzene rings is 2. The maximum atomic E-state index is 12.0. The molecule has 2 aromatic carbocycles. The Bertz CT molecular complexity index is 908. The van der Waals surface area contributed by atoms with Crippen LogP contribution in [0.4, 0.5) is 11.4 Å². The van der Waals surface area contributed by atoms with Crippen molar-refractivity contribution in [2.45, 2.75) is 13.3 Å². The molecule has 0 fully saturated rings. The van der Waals surface area contributed by atoms with E-state index in [2.05, 4.69) is 10.5 Å². The lowest BCUT2D eigenvalue weighted by molar-refractivity contribution is -0.394. The molecule has 0 saturated carbocycles. The zero-order chi connectivity index (χ0) is 20.0. The topological polar surface area (TPSA) is 137 Å². The number of ether oxygens (including phenoxy) is 1. The Balaban J connectivity index is 2.10. The van der Waals surface area contributed by atoms with Crippen LogP contribution in [0.15, 0.2) is 47.6 Å². The standard InChI is InChI=1S/C17H16N4O6/c1-11(12-4-7-15(27-2)8-5-12)18-19-17(22)9-13-3-6-14(20(23)24)10-16(13)21(25)26/h3-8,10H,9H2,1-2H3,(H,19,22)/b18-11+. The second-order valence-corrected chi connectivity index (χ2v) is 5.46. The third-order valence-electron chi connectivity index (χ3n) is 3.68. The molecular weight excluding hydrogens is 356 g/mol. The molecule has 140 valence electrons. The van der Waals surface area contributed by atoms with Gasteiger partial charge in [0.1, 0.15) is 5.75 Å². The van der Waals surface area contributed by atoms with Crippen molar-refractivity contribution >= 4 is 23.0 Å². The molecule has 10 nitrogen and oxygen atoms in total. The Kier molecular flexibility index (Phi) is 6.15. The van der Waals surface area contributed by atoms with E-state index in [-0.39, 0.29) is 12.0 Å². The summed E-state index contributed by atoms with van der Waals surface area (Å²) in [6.45, 7) is 1.69. The number of carbonyl (C=O) groups is 1. The number of nitro benzene ring substituents is 2. The third kappa shape index (κ3) is 5.08. The lowest BCUT2D eigenvalue weighted by Gasteiger charge is -2.05. The minimum absolute atomic E-state index is 0.0559. The smallest absolute Gasteiger partial charge is 0.279 e. The number of methoxy groups -OCH3 is 1. The molecule has 0 atom stereocenters. The molecule has 10 heteroatoms. The van der Waals surface area contributed by atoms with E-state index in [1.807, 2.05) is 0 Å². The normalized spacial score (nSPS) is 11.0. The number of nitro groups is 2. The van der Waals surface area contributed by atoms with Crippen LogP contribution in [-0.4, -0.2) is 28.6 Å². The molecule has 0 aromatic heterocycles. The zero-order valence-corrected chi connectivity index (χ0v) is 14.5. The van der Waals surface area contributed by atoms with E-state index in [0.717, 1.165) is 17.7 Å². The summed E-state index contributed by atoms with van der Waals surface area (Å²) in [5.74, 6) is 0.0980. The van der Waals surface area contributed by atoms with Gasteiger partial charge in [-0.05, 0) is 42.8 Å². The highest BCUT2D eigenvalue weighted by Gasteiger charge is 2.21. The highest BCUT2D eigenvalue weighted by atomic mass is 16.6. The molecule has 1 N–H and O–H groups in total. The van der Waals surface area contributed by atoms with Crippen LogP contribution in [0.1, 0.15) is 18.1 Å². The SMILES string of the molecule is COc1ccc(/C(C)=N/NC(=O)Cc2ccc([N+](=O)[O-])cc2[N+](=O)[O-])cc1. The molecule has 0 aliphatic carbocycles. The van der Waals surface area contributed by atoms with Crippen molar-refractivity contribution in [1.29, 1.82) is 0 Å². The van der Waals surface area contributed by atoms with Gasteiger partial charge in [-0.3, -0.25) is 25.0 Å². The van der Waals surface area contributed by atoms with E-state index in [0.29, 0.717) is 11.5 Å². The molecule has 0 saturated heterocycles. The van der Waals surface area contributed by atoms with Gasteiger partial charge in [-0.2, -0.15) is 5.10 Å². The van der Waals surface area contributed by atoms with E-state index in [9.17, 15) is 25.0 Å². The highest BCUT2D eigenvalue weighted by Crippen LogP contribution is 2.25. The minimum atomic E-state index is -0.762. The fraction of sp³-hybridized carbons (Fsp3) is 0.176. The summed E-state index contributed by atoms with van der Waals surface area (Å²) >= 11 is 0. The van der Waals surface area contributed by atoms with Crippen molar-refractivity contribution < 1.29 is 19.4 Å². The van der Waals surface area contributed by atoms with Gasteiger partial charge in [0, 0.05) is 11.6 Å². The first-order chi connectivity index (χ1) is 12.8. The number of rotatable bonds is 7. The Hall–Kier alpha value is -3.82. The van der Waals surface area contributed by atoms with Crippen molar-refractivity contribution in [3.63, 3.8) is 0 Å². The van der Waals surface area contributed by atoms with E-state index < -0.39 is 27.1 Å². The lowest BCUT2D eigenvalue weighted by atomic mass is 10.1. The van der Waals surface area contributed by atoms with Crippen molar-refractivity contribution in [2.24, 2.45) is 5.10 Å². The van der Waals surface area contributed by atoms with Crippen molar-refractivity contribution in [1.82, 2.24) is 5.43 Å². The second-order valence-electron chi connectivity index (χ2n) is 5.46. The summed E-state index contributed by atoms with van der Waals surface area (Å²) in [6.07, 6.45) is -0.340. The van der Waals surface area contributed by atoms with Crippen LogP contribution >= 0.6 is 0 Å². The van der Waals surface area contributed by atoms with E-state index in [1.54, 1.807) is 38.3 Å². The molecule has 0 spiro atoms. The second kappa shape index (κ2) is 8.52. The van der Waals surface area contributed by atoms with Crippen molar-refractivity contribution in [3.8, 4) is 5.75 Å². The first-order valence-corrected chi connectivity index (χ1v) is 7.71. The van der Waals surface area contributed by atoms with Gasteiger partial charge < -0.3 is 4.74 Å². The predicted octanol–water partition coefficient (Wildman–Crippen LogP) is 2.59. The number of hydrogen-bond acceptors (Lipinski definition) is 7. The predicted molar refractivity (Wildman–Crippen MR) is 96.8 cm³/mol. The monoisotopic (exact) mass is 372 g/mol. The lowest BCUT2D eigenvalue weighted by Crippen LogP contribution is -2.21. The maximum absolute atomic E-state index is 12.0. The van der Waals surface area contributed by atoms with Crippen molar-refractivity contribution in [2.75, 3.05) is 7.11 Å². The number of carbonyl (C=O) groups excluding carboxylic acids is 1. The van der Waals surface area contributed by atoms with Gasteiger partial charge in [-0.1, -0.05) is 0 Å². The molecule has 2 rings (SSSR count). The molecular formula is C17H16N4O6. The number of hydrazone groups is 1. The largest absolute Gasteiger partial charge is 0.497 e. The van der Waals surface area contributed by atoms with Gasteiger partial charge in [0.25, 0.3) is 11.4 Å². The summed E-state index contributed by atoms with van der Waals surface area (Å²) < 4.78 is 5.06. The van der Waals surface area contributed by atoms with Gasteiger partial charge in [-0.15, -0.1) is 0 Å². The fourth-order valence-electron chi connectivity index (χ4n) is 2.24. The number of amides is 1. The highest BCUT2D eigenvalue weighted by molar-refractivity contribution is 5.99. The van der Waals surface area contributed by atoms with Crippen LogP contribution in [0, 0.1) is 20.2 Å². The molecule has 2 aromatic rings. The van der Waals surface area contributed by atoms with E-state index >= 15 is 0 Å². The Morgan fingerprint density at radius 1 is 1.11 bits per heavy atom. The summed E-state index contributed by atoms with van der Waals surface area (Å²) in [7, 11) is 1.55. The molecule has 0 unspecified atom stereocenters. The molecule has 1 amide bonds. The Labute approximate surface area is 153 Å². The minimum Gasteiger partial charge on any atom is -0.497 e. The van der Waals surface area contributed by atoms with Gasteiger partial charge in [-0.25, -0.2) is 5.43 Å². The molecule has 0 radical (unpaired) electrons. The summed E-state index contributed by atoms with van der Waals surface area (Å²) in [6, 6.07) is 10.2. The van der Waals surface area contributed by atoms with Gasteiger partial charge in [0.15, 0.2) is 0 Å². The number of non-ortho nitro benzene ring substituents is 1. The molecule has 0 aliphatic heterocycles. The first kappa shape index (κ1) is 19.5. The summed E-state index contributed by atoms with van der Waals surface area (Å²) in [4.78, 5) is 32.4. The van der Waals surface area contributed by atoms with Crippen LogP contribution in [0.3, 0.4) is 0 Å². The molecule has 0 heterocycles. The van der Waals surface area contributed by atoms with E-state index in [4.69, 9.17) is 4.74 Å². The van der Waals surface area contributed by atoms with Crippen molar-refractivity contribution in [3.05, 3.63) is 73.8 Å². The third-order valence-corrected chi connectivity index (χ3v) is 3.68. The van der Waals surface area contributed by atoms with Gasteiger partial charge in [0.2, 0.25) is 5.91 Å². The fourth-order valence-corrected chi connectivity index (χ4v) is 2.24. The Morgan fingerprint density at radius 2 is 1.78 bits per heavy atom. The van der Waals surface area contributed by atoms with Gasteiger partial charge in [0.05, 0.1) is 35.2 Å². The molecule has 0 bridgehead atoms. The zero-order valence-electron chi connectivity index (χ0n) is 14.5.